The third kappa shape index (κ3) is 8.30. The Labute approximate surface area is 220 Å². The Hall–Kier alpha value is -3.52. The molecule has 0 heterocycles. The summed E-state index contributed by atoms with van der Waals surface area (Å²) in [7, 11) is 1.56. The van der Waals surface area contributed by atoms with Crippen molar-refractivity contribution in [2.75, 3.05) is 29.7 Å². The van der Waals surface area contributed by atoms with Crippen LogP contribution in [0.15, 0.2) is 65.1 Å². The van der Waals surface area contributed by atoms with Crippen LogP contribution in [0.5, 0.6) is 11.5 Å². The van der Waals surface area contributed by atoms with Crippen LogP contribution in [-0.4, -0.2) is 25.5 Å². The predicted octanol–water partition coefficient (Wildman–Crippen LogP) is 6.38. The second-order valence-electron chi connectivity index (χ2n) is 8.89. The van der Waals surface area contributed by atoms with Gasteiger partial charge in [-0.25, -0.2) is 0 Å². The summed E-state index contributed by atoms with van der Waals surface area (Å²) in [5.41, 5.74) is 4.40. The standard InChI is InChI=1S/C28H32BrN3O4/c1-18(2)12-26(33)32-23-7-5-6-22(15-23)30-16-20-13-24(29)28(25(14-20)35-4)36-17-27(34)31-21-10-8-19(3)9-11-21/h5-11,13-15,18,30H,12,16-17H2,1-4H3,(H,31,34)(H,32,33). The highest BCUT2D eigenvalue weighted by molar-refractivity contribution is 9.10. The third-order valence-electron chi connectivity index (χ3n) is 5.21. The number of hydrogen-bond acceptors (Lipinski definition) is 5. The molecular formula is C28H32BrN3O4. The Morgan fingerprint density at radius 3 is 2.31 bits per heavy atom. The van der Waals surface area contributed by atoms with Gasteiger partial charge in [-0.05, 0) is 76.8 Å². The molecule has 0 saturated carbocycles. The highest BCUT2D eigenvalue weighted by Gasteiger charge is 2.14. The molecule has 190 valence electrons. The van der Waals surface area contributed by atoms with Gasteiger partial charge in [0.25, 0.3) is 5.91 Å². The van der Waals surface area contributed by atoms with Crippen molar-refractivity contribution in [2.45, 2.75) is 33.7 Å². The molecule has 2 amide bonds. The maximum atomic E-state index is 12.3. The number of anilines is 3. The number of halogens is 1. The zero-order valence-electron chi connectivity index (χ0n) is 21.0. The molecule has 0 saturated heterocycles. The highest BCUT2D eigenvalue weighted by atomic mass is 79.9. The van der Waals surface area contributed by atoms with Crippen LogP contribution in [0.25, 0.3) is 0 Å². The molecule has 3 rings (SSSR count). The van der Waals surface area contributed by atoms with Crippen molar-refractivity contribution in [2.24, 2.45) is 5.92 Å². The van der Waals surface area contributed by atoms with E-state index in [-0.39, 0.29) is 18.4 Å². The van der Waals surface area contributed by atoms with Gasteiger partial charge in [0.15, 0.2) is 18.1 Å². The van der Waals surface area contributed by atoms with E-state index in [2.05, 4.69) is 31.9 Å². The van der Waals surface area contributed by atoms with Crippen LogP contribution in [0.2, 0.25) is 0 Å². The van der Waals surface area contributed by atoms with E-state index in [9.17, 15) is 9.59 Å². The molecule has 0 aliphatic carbocycles. The van der Waals surface area contributed by atoms with Crippen molar-refractivity contribution in [3.8, 4) is 11.5 Å². The molecule has 0 fully saturated rings. The molecule has 0 bridgehead atoms. The van der Waals surface area contributed by atoms with Crippen LogP contribution >= 0.6 is 15.9 Å². The summed E-state index contributed by atoms with van der Waals surface area (Å²) in [5, 5.41) is 9.11. The lowest BCUT2D eigenvalue weighted by molar-refractivity contribution is -0.118. The van der Waals surface area contributed by atoms with E-state index in [0.717, 1.165) is 22.5 Å². The molecule has 3 aromatic carbocycles. The minimum absolute atomic E-state index is 0.000969. The molecule has 0 aliphatic heterocycles. The van der Waals surface area contributed by atoms with Crippen LogP contribution in [-0.2, 0) is 16.1 Å². The summed E-state index contributed by atoms with van der Waals surface area (Å²) in [6.07, 6.45) is 0.480. The van der Waals surface area contributed by atoms with E-state index in [4.69, 9.17) is 9.47 Å². The lowest BCUT2D eigenvalue weighted by Crippen LogP contribution is -2.20. The fourth-order valence-electron chi connectivity index (χ4n) is 3.48. The number of nitrogens with one attached hydrogen (secondary N) is 3. The number of methoxy groups -OCH3 is 1. The van der Waals surface area contributed by atoms with Crippen LogP contribution < -0.4 is 25.4 Å². The van der Waals surface area contributed by atoms with Crippen molar-refractivity contribution in [1.82, 2.24) is 0 Å². The summed E-state index contributed by atoms with van der Waals surface area (Å²) in [6, 6.07) is 18.9. The minimum atomic E-state index is -0.265. The normalized spacial score (nSPS) is 10.6. The van der Waals surface area contributed by atoms with Crippen molar-refractivity contribution in [3.05, 3.63) is 76.3 Å². The summed E-state index contributed by atoms with van der Waals surface area (Å²) in [6.45, 7) is 6.38. The fraction of sp³-hybridized carbons (Fsp3) is 0.286. The summed E-state index contributed by atoms with van der Waals surface area (Å²) in [4.78, 5) is 24.4. The van der Waals surface area contributed by atoms with Gasteiger partial charge in [-0.3, -0.25) is 9.59 Å². The number of hydrogen-bond donors (Lipinski definition) is 3. The van der Waals surface area contributed by atoms with Gasteiger partial charge in [0.1, 0.15) is 0 Å². The van der Waals surface area contributed by atoms with Gasteiger partial charge in [0, 0.05) is 30.0 Å². The Balaban J connectivity index is 1.60. The van der Waals surface area contributed by atoms with E-state index in [1.165, 1.54) is 0 Å². The van der Waals surface area contributed by atoms with Gasteiger partial charge in [-0.2, -0.15) is 0 Å². The molecule has 0 unspecified atom stereocenters. The van der Waals surface area contributed by atoms with Crippen molar-refractivity contribution in [1.29, 1.82) is 0 Å². The first-order chi connectivity index (χ1) is 17.2. The van der Waals surface area contributed by atoms with Crippen LogP contribution in [0.3, 0.4) is 0 Å². The van der Waals surface area contributed by atoms with Gasteiger partial charge in [0.05, 0.1) is 11.6 Å². The van der Waals surface area contributed by atoms with Crippen LogP contribution in [0.1, 0.15) is 31.4 Å². The molecule has 8 heteroatoms. The Morgan fingerprint density at radius 2 is 1.61 bits per heavy atom. The van der Waals surface area contributed by atoms with Gasteiger partial charge in [-0.15, -0.1) is 0 Å². The number of carbonyl (C=O) groups is 2. The van der Waals surface area contributed by atoms with Gasteiger partial charge in [0.2, 0.25) is 5.91 Å². The number of aryl methyl sites for hydroxylation is 1. The lowest BCUT2D eigenvalue weighted by Gasteiger charge is -2.15. The monoisotopic (exact) mass is 553 g/mol. The number of carbonyl (C=O) groups excluding carboxylic acids is 2. The summed E-state index contributed by atoms with van der Waals surface area (Å²) >= 11 is 3.54. The SMILES string of the molecule is COc1cc(CNc2cccc(NC(=O)CC(C)C)c2)cc(Br)c1OCC(=O)Nc1ccc(C)cc1. The zero-order valence-corrected chi connectivity index (χ0v) is 22.6. The largest absolute Gasteiger partial charge is 0.493 e. The molecule has 7 nitrogen and oxygen atoms in total. The smallest absolute Gasteiger partial charge is 0.262 e. The van der Waals surface area contributed by atoms with Gasteiger partial charge < -0.3 is 25.4 Å². The number of rotatable bonds is 11. The van der Waals surface area contributed by atoms with Gasteiger partial charge in [-0.1, -0.05) is 37.6 Å². The third-order valence-corrected chi connectivity index (χ3v) is 5.80. The Morgan fingerprint density at radius 1 is 0.917 bits per heavy atom. The Bertz CT molecular complexity index is 1200. The molecule has 3 N–H and O–H groups in total. The fourth-order valence-corrected chi connectivity index (χ4v) is 4.08. The number of benzene rings is 3. The van der Waals surface area contributed by atoms with E-state index in [0.29, 0.717) is 40.5 Å². The maximum Gasteiger partial charge on any atom is 0.262 e. The molecule has 0 aliphatic rings. The van der Waals surface area contributed by atoms with Crippen molar-refractivity contribution < 1.29 is 19.1 Å². The van der Waals surface area contributed by atoms with E-state index in [1.54, 1.807) is 7.11 Å². The van der Waals surface area contributed by atoms with Crippen molar-refractivity contribution >= 4 is 44.8 Å². The average Bonchev–Trinajstić information content (AvgIpc) is 2.83. The molecule has 36 heavy (non-hydrogen) atoms. The molecular weight excluding hydrogens is 522 g/mol. The van der Waals surface area contributed by atoms with Crippen LogP contribution in [0, 0.1) is 12.8 Å². The lowest BCUT2D eigenvalue weighted by atomic mass is 10.1. The van der Waals surface area contributed by atoms with Crippen LogP contribution in [0.4, 0.5) is 17.1 Å². The average molecular weight is 554 g/mol. The topological polar surface area (TPSA) is 88.7 Å². The number of amides is 2. The maximum absolute atomic E-state index is 12.3. The quantitative estimate of drug-likeness (QED) is 0.256. The molecule has 0 radical (unpaired) electrons. The highest BCUT2D eigenvalue weighted by Crippen LogP contribution is 2.37. The first kappa shape index (κ1) is 27.1. The second-order valence-corrected chi connectivity index (χ2v) is 9.75. The van der Waals surface area contributed by atoms with E-state index in [1.807, 2.05) is 81.4 Å². The Kier molecular flexibility index (Phi) is 9.76. The zero-order chi connectivity index (χ0) is 26.1. The molecule has 0 aromatic heterocycles. The van der Waals surface area contributed by atoms with Gasteiger partial charge >= 0.3 is 0 Å². The first-order valence-electron chi connectivity index (χ1n) is 11.7. The number of ether oxygens (including phenoxy) is 2. The molecule has 0 spiro atoms. The second kappa shape index (κ2) is 13.0. The van der Waals surface area contributed by atoms with Crippen molar-refractivity contribution in [3.63, 3.8) is 0 Å². The molecule has 3 aromatic rings. The molecule has 0 atom stereocenters. The minimum Gasteiger partial charge on any atom is -0.493 e. The first-order valence-corrected chi connectivity index (χ1v) is 12.5. The van der Waals surface area contributed by atoms with E-state index < -0.39 is 0 Å². The summed E-state index contributed by atoms with van der Waals surface area (Å²) < 4.78 is 12.0. The van der Waals surface area contributed by atoms with E-state index >= 15 is 0 Å². The summed E-state index contributed by atoms with van der Waals surface area (Å²) in [5.74, 6) is 1.00. The predicted molar refractivity (Wildman–Crippen MR) is 148 cm³/mol.